The largest absolute Gasteiger partial charge is 0.348 e. The molecule has 0 aliphatic carbocycles. The van der Waals surface area contributed by atoms with Crippen LogP contribution in [0.3, 0.4) is 0 Å². The number of thioether (sulfide) groups is 1. The van der Waals surface area contributed by atoms with Gasteiger partial charge >= 0.3 is 0 Å². The van der Waals surface area contributed by atoms with Gasteiger partial charge in [-0.15, -0.1) is 0 Å². The molecule has 1 aromatic rings. The maximum atomic E-state index is 12.3. The van der Waals surface area contributed by atoms with Gasteiger partial charge in [0, 0.05) is 23.7 Å². The molecule has 0 radical (unpaired) electrons. The molecular formula is C15H20F2N2S2. The highest BCUT2D eigenvalue weighted by atomic mass is 32.2. The Kier molecular flexibility index (Phi) is 5.81. The Morgan fingerprint density at radius 1 is 1.24 bits per heavy atom. The van der Waals surface area contributed by atoms with Crippen molar-refractivity contribution in [3.63, 3.8) is 0 Å². The molecule has 21 heavy (non-hydrogen) atoms. The van der Waals surface area contributed by atoms with Crippen LogP contribution in [-0.2, 0) is 0 Å². The van der Waals surface area contributed by atoms with Gasteiger partial charge in [0.2, 0.25) is 0 Å². The molecule has 0 aromatic heterocycles. The van der Waals surface area contributed by atoms with Crippen molar-refractivity contribution in [1.29, 1.82) is 0 Å². The van der Waals surface area contributed by atoms with Gasteiger partial charge in [0.1, 0.15) is 0 Å². The molecule has 0 bridgehead atoms. The van der Waals surface area contributed by atoms with E-state index in [0.717, 1.165) is 18.8 Å². The SMILES string of the molecule is C[C@H]1C[C@H](C)CN(C(=S)Nc2ccc(SC(F)F)cc2)C1. The minimum atomic E-state index is -2.39. The van der Waals surface area contributed by atoms with Crippen LogP contribution >= 0.6 is 24.0 Å². The molecular weight excluding hydrogens is 310 g/mol. The molecule has 1 saturated heterocycles. The summed E-state index contributed by atoms with van der Waals surface area (Å²) in [6.45, 7) is 6.41. The number of hydrogen-bond donors (Lipinski definition) is 1. The lowest BCUT2D eigenvalue weighted by Crippen LogP contribution is -2.44. The second kappa shape index (κ2) is 7.40. The van der Waals surface area contributed by atoms with E-state index in [1.165, 1.54) is 6.42 Å². The number of anilines is 1. The monoisotopic (exact) mass is 330 g/mol. The minimum Gasteiger partial charge on any atom is -0.348 e. The average molecular weight is 330 g/mol. The van der Waals surface area contributed by atoms with Gasteiger partial charge in [-0.3, -0.25) is 0 Å². The zero-order valence-electron chi connectivity index (χ0n) is 12.2. The zero-order chi connectivity index (χ0) is 15.4. The number of alkyl halides is 2. The van der Waals surface area contributed by atoms with Crippen LogP contribution in [0.2, 0.25) is 0 Å². The number of halogens is 2. The molecule has 1 aliphatic heterocycles. The van der Waals surface area contributed by atoms with Gasteiger partial charge in [-0.2, -0.15) is 8.78 Å². The first kappa shape index (κ1) is 16.5. The first-order valence-electron chi connectivity index (χ1n) is 7.05. The lowest BCUT2D eigenvalue weighted by atomic mass is 9.92. The van der Waals surface area contributed by atoms with Gasteiger partial charge in [-0.25, -0.2) is 0 Å². The van der Waals surface area contributed by atoms with E-state index >= 15 is 0 Å². The molecule has 1 fully saturated rings. The van der Waals surface area contributed by atoms with Crippen LogP contribution in [-0.4, -0.2) is 28.9 Å². The van der Waals surface area contributed by atoms with Crippen molar-refractivity contribution in [2.24, 2.45) is 11.8 Å². The molecule has 2 atom stereocenters. The molecule has 0 unspecified atom stereocenters. The lowest BCUT2D eigenvalue weighted by molar-refractivity contribution is 0.216. The summed E-state index contributed by atoms with van der Waals surface area (Å²) in [4.78, 5) is 2.75. The predicted molar refractivity (Wildman–Crippen MR) is 89.0 cm³/mol. The first-order valence-corrected chi connectivity index (χ1v) is 8.33. The van der Waals surface area contributed by atoms with Crippen molar-refractivity contribution >= 4 is 34.8 Å². The van der Waals surface area contributed by atoms with Crippen LogP contribution in [0.4, 0.5) is 14.5 Å². The highest BCUT2D eigenvalue weighted by Crippen LogP contribution is 2.26. The van der Waals surface area contributed by atoms with Crippen molar-refractivity contribution in [2.45, 2.75) is 30.9 Å². The molecule has 2 rings (SSSR count). The fourth-order valence-electron chi connectivity index (χ4n) is 2.75. The number of nitrogens with one attached hydrogen (secondary N) is 1. The highest BCUT2D eigenvalue weighted by molar-refractivity contribution is 7.99. The standard InChI is InChI=1S/C15H20F2N2S2/c1-10-7-11(2)9-19(8-10)15(20)18-12-3-5-13(6-4-12)21-14(16)17/h3-6,10-11,14H,7-9H2,1-2H3,(H,18,20)/t10-,11-/m0/s1. The molecule has 1 N–H and O–H groups in total. The predicted octanol–water partition coefficient (Wildman–Crippen LogP) is 4.68. The summed E-state index contributed by atoms with van der Waals surface area (Å²) >= 11 is 6.00. The topological polar surface area (TPSA) is 15.3 Å². The van der Waals surface area contributed by atoms with Gasteiger partial charge < -0.3 is 10.2 Å². The van der Waals surface area contributed by atoms with Crippen LogP contribution in [0.15, 0.2) is 29.2 Å². The first-order chi connectivity index (χ1) is 9.94. The van der Waals surface area contributed by atoms with Gasteiger partial charge in [-0.05, 0) is 54.7 Å². The van der Waals surface area contributed by atoms with E-state index < -0.39 is 5.76 Å². The van der Waals surface area contributed by atoms with Crippen LogP contribution in [0.5, 0.6) is 0 Å². The minimum absolute atomic E-state index is 0.550. The average Bonchev–Trinajstić information content (AvgIpc) is 2.39. The number of hydrogen-bond acceptors (Lipinski definition) is 2. The normalized spacial score (nSPS) is 22.4. The van der Waals surface area contributed by atoms with E-state index in [2.05, 4.69) is 24.1 Å². The molecule has 116 valence electrons. The molecule has 6 heteroatoms. The van der Waals surface area contributed by atoms with Crippen molar-refractivity contribution < 1.29 is 8.78 Å². The highest BCUT2D eigenvalue weighted by Gasteiger charge is 2.23. The second-order valence-corrected chi connectivity index (χ2v) is 7.13. The number of thiocarbonyl (C=S) groups is 1. The second-order valence-electron chi connectivity index (χ2n) is 5.68. The molecule has 0 saturated carbocycles. The van der Waals surface area contributed by atoms with Gasteiger partial charge in [0.25, 0.3) is 5.76 Å². The molecule has 0 spiro atoms. The Hall–Kier alpha value is -0.880. The van der Waals surface area contributed by atoms with Crippen molar-refractivity contribution in [2.75, 3.05) is 18.4 Å². The lowest BCUT2D eigenvalue weighted by Gasteiger charge is -2.36. The third kappa shape index (κ3) is 5.11. The van der Waals surface area contributed by atoms with Crippen LogP contribution in [0.25, 0.3) is 0 Å². The van der Waals surface area contributed by atoms with Gasteiger partial charge in [-0.1, -0.05) is 25.6 Å². The third-order valence-electron chi connectivity index (χ3n) is 3.49. The number of likely N-dealkylation sites (tertiary alicyclic amines) is 1. The van der Waals surface area contributed by atoms with Crippen LogP contribution in [0, 0.1) is 11.8 Å². The summed E-state index contributed by atoms with van der Waals surface area (Å²) in [5.74, 6) is -1.11. The van der Waals surface area contributed by atoms with Crippen molar-refractivity contribution in [3.8, 4) is 0 Å². The smallest absolute Gasteiger partial charge is 0.288 e. The summed E-state index contributed by atoms with van der Waals surface area (Å²) in [6, 6.07) is 6.94. The Morgan fingerprint density at radius 2 is 1.81 bits per heavy atom. The van der Waals surface area contributed by atoms with E-state index in [4.69, 9.17) is 12.2 Å². The number of rotatable bonds is 3. The Labute approximate surface area is 134 Å². The summed E-state index contributed by atoms with van der Waals surface area (Å²) < 4.78 is 24.5. The molecule has 1 heterocycles. The fourth-order valence-corrected chi connectivity index (χ4v) is 3.52. The van der Waals surface area contributed by atoms with Crippen LogP contribution in [0.1, 0.15) is 20.3 Å². The summed E-state index contributed by atoms with van der Waals surface area (Å²) in [6.07, 6.45) is 1.23. The van der Waals surface area contributed by atoms with Crippen molar-refractivity contribution in [3.05, 3.63) is 24.3 Å². The van der Waals surface area contributed by atoms with Gasteiger partial charge in [0.05, 0.1) is 0 Å². The number of nitrogens with zero attached hydrogens (tertiary/aromatic N) is 1. The van der Waals surface area contributed by atoms with Crippen LogP contribution < -0.4 is 5.32 Å². The van der Waals surface area contributed by atoms with E-state index in [1.54, 1.807) is 24.3 Å². The summed E-state index contributed by atoms with van der Waals surface area (Å²) in [5, 5.41) is 3.90. The Bertz CT molecular complexity index is 469. The van der Waals surface area contributed by atoms with E-state index in [9.17, 15) is 8.78 Å². The van der Waals surface area contributed by atoms with E-state index in [0.29, 0.717) is 33.6 Å². The molecule has 2 nitrogen and oxygen atoms in total. The number of benzene rings is 1. The quantitative estimate of drug-likeness (QED) is 0.639. The Morgan fingerprint density at radius 3 is 2.33 bits per heavy atom. The Balaban J connectivity index is 1.93. The fraction of sp³-hybridized carbons (Fsp3) is 0.533. The van der Waals surface area contributed by atoms with Gasteiger partial charge in [0.15, 0.2) is 5.11 Å². The summed E-state index contributed by atoms with van der Waals surface area (Å²) in [5.41, 5.74) is 0.837. The zero-order valence-corrected chi connectivity index (χ0v) is 13.8. The summed E-state index contributed by atoms with van der Waals surface area (Å²) in [7, 11) is 0. The van der Waals surface area contributed by atoms with E-state index in [1.807, 2.05) is 0 Å². The molecule has 0 amide bonds. The third-order valence-corrected chi connectivity index (χ3v) is 4.57. The maximum absolute atomic E-state index is 12.3. The molecule has 1 aromatic carbocycles. The molecule has 1 aliphatic rings. The van der Waals surface area contributed by atoms with E-state index in [-0.39, 0.29) is 0 Å². The maximum Gasteiger partial charge on any atom is 0.288 e. The van der Waals surface area contributed by atoms with Crippen molar-refractivity contribution in [1.82, 2.24) is 4.90 Å². The number of piperidine rings is 1.